The van der Waals surface area contributed by atoms with Crippen molar-refractivity contribution in [1.82, 2.24) is 10.2 Å². The van der Waals surface area contributed by atoms with E-state index in [-0.39, 0.29) is 23.7 Å². The molecule has 3 rings (SSSR count). The standard InChI is InChI=1S/C25H32N2O4/c1-4-5-13-26-25(29)22-17-27(24(28)14-18-9-7-6-8-10-18)16-21(22)20-15-19(30-2)11-12-23(20)31-3/h6-12,15,21-22H,4-5,13-14,16-17H2,1-3H3,(H,26,29)/t21-,22-/m1/s1. The largest absolute Gasteiger partial charge is 0.497 e. The summed E-state index contributed by atoms with van der Waals surface area (Å²) in [6.07, 6.45) is 2.27. The fourth-order valence-electron chi connectivity index (χ4n) is 4.12. The number of ether oxygens (including phenoxy) is 2. The van der Waals surface area contributed by atoms with E-state index >= 15 is 0 Å². The first-order chi connectivity index (χ1) is 15.1. The Kier molecular flexibility index (Phi) is 7.93. The van der Waals surface area contributed by atoms with Crippen molar-refractivity contribution < 1.29 is 19.1 Å². The number of nitrogens with zero attached hydrogens (tertiary/aromatic N) is 1. The Bertz CT molecular complexity index is 884. The number of nitrogens with one attached hydrogen (secondary N) is 1. The van der Waals surface area contributed by atoms with Gasteiger partial charge >= 0.3 is 0 Å². The zero-order valence-electron chi connectivity index (χ0n) is 18.6. The molecule has 1 N–H and O–H groups in total. The van der Waals surface area contributed by atoms with E-state index in [4.69, 9.17) is 9.47 Å². The van der Waals surface area contributed by atoms with Crippen LogP contribution in [0.15, 0.2) is 48.5 Å². The molecule has 1 saturated heterocycles. The first-order valence-corrected chi connectivity index (χ1v) is 10.9. The predicted molar refractivity (Wildman–Crippen MR) is 120 cm³/mol. The van der Waals surface area contributed by atoms with Gasteiger partial charge < -0.3 is 19.7 Å². The maximum Gasteiger partial charge on any atom is 0.227 e. The summed E-state index contributed by atoms with van der Waals surface area (Å²) < 4.78 is 11.0. The molecule has 1 aliphatic rings. The third-order valence-electron chi connectivity index (χ3n) is 5.87. The summed E-state index contributed by atoms with van der Waals surface area (Å²) >= 11 is 0. The highest BCUT2D eigenvalue weighted by molar-refractivity contribution is 5.84. The molecule has 0 unspecified atom stereocenters. The third kappa shape index (κ3) is 5.57. The fraction of sp³-hybridized carbons (Fsp3) is 0.440. The lowest BCUT2D eigenvalue weighted by Crippen LogP contribution is -2.36. The van der Waals surface area contributed by atoms with Gasteiger partial charge in [-0.25, -0.2) is 0 Å². The van der Waals surface area contributed by atoms with Crippen LogP contribution in [0.1, 0.15) is 36.8 Å². The molecule has 2 atom stereocenters. The van der Waals surface area contributed by atoms with Crippen molar-refractivity contribution in [3.63, 3.8) is 0 Å². The second-order valence-corrected chi connectivity index (χ2v) is 7.93. The first-order valence-electron chi connectivity index (χ1n) is 10.9. The number of hydrogen-bond acceptors (Lipinski definition) is 4. The Morgan fingerprint density at radius 2 is 1.84 bits per heavy atom. The fourth-order valence-corrected chi connectivity index (χ4v) is 4.12. The highest BCUT2D eigenvalue weighted by Gasteiger charge is 2.41. The van der Waals surface area contributed by atoms with Crippen LogP contribution in [0.3, 0.4) is 0 Å². The summed E-state index contributed by atoms with van der Waals surface area (Å²) in [6.45, 7) is 3.61. The first kappa shape index (κ1) is 22.7. The molecule has 2 aromatic carbocycles. The summed E-state index contributed by atoms with van der Waals surface area (Å²) in [5.74, 6) is 0.925. The Morgan fingerprint density at radius 1 is 1.06 bits per heavy atom. The number of amides is 2. The van der Waals surface area contributed by atoms with Gasteiger partial charge in [0.15, 0.2) is 0 Å². The lowest BCUT2D eigenvalue weighted by Gasteiger charge is -2.21. The van der Waals surface area contributed by atoms with Crippen LogP contribution in [0, 0.1) is 5.92 Å². The van der Waals surface area contributed by atoms with Crippen molar-refractivity contribution >= 4 is 11.8 Å². The summed E-state index contributed by atoms with van der Waals surface area (Å²) in [7, 11) is 3.24. The molecule has 0 aromatic heterocycles. The van der Waals surface area contributed by atoms with Gasteiger partial charge in [0.1, 0.15) is 11.5 Å². The second kappa shape index (κ2) is 10.8. The summed E-state index contributed by atoms with van der Waals surface area (Å²) in [5, 5.41) is 3.05. The zero-order valence-corrected chi connectivity index (χ0v) is 18.6. The van der Waals surface area contributed by atoms with Gasteiger partial charge in [-0.05, 0) is 30.2 Å². The summed E-state index contributed by atoms with van der Waals surface area (Å²) in [6, 6.07) is 15.3. The normalized spacial score (nSPS) is 18.0. The van der Waals surface area contributed by atoms with Crippen LogP contribution in [0.5, 0.6) is 11.5 Å². The lowest BCUT2D eigenvalue weighted by molar-refractivity contribution is -0.130. The van der Waals surface area contributed by atoms with E-state index in [1.54, 1.807) is 19.1 Å². The molecule has 1 aliphatic heterocycles. The van der Waals surface area contributed by atoms with E-state index < -0.39 is 0 Å². The Morgan fingerprint density at radius 3 is 2.52 bits per heavy atom. The molecule has 1 fully saturated rings. The Hall–Kier alpha value is -3.02. The van der Waals surface area contributed by atoms with Gasteiger partial charge in [-0.3, -0.25) is 9.59 Å². The molecule has 0 spiro atoms. The number of carbonyl (C=O) groups excluding carboxylic acids is 2. The van der Waals surface area contributed by atoms with Crippen molar-refractivity contribution in [3.05, 3.63) is 59.7 Å². The molecule has 6 nitrogen and oxygen atoms in total. The molecule has 0 bridgehead atoms. The van der Waals surface area contributed by atoms with Crippen molar-refractivity contribution in [2.45, 2.75) is 32.1 Å². The van der Waals surface area contributed by atoms with Gasteiger partial charge in [-0.15, -0.1) is 0 Å². The van der Waals surface area contributed by atoms with Crippen LogP contribution >= 0.6 is 0 Å². The number of carbonyl (C=O) groups is 2. The number of benzene rings is 2. The number of hydrogen-bond donors (Lipinski definition) is 1. The Balaban J connectivity index is 1.85. The van der Waals surface area contributed by atoms with Crippen LogP contribution < -0.4 is 14.8 Å². The van der Waals surface area contributed by atoms with Crippen molar-refractivity contribution in [2.24, 2.45) is 5.92 Å². The quantitative estimate of drug-likeness (QED) is 0.627. The van der Waals surface area contributed by atoms with Crippen molar-refractivity contribution in [2.75, 3.05) is 33.9 Å². The predicted octanol–water partition coefficient (Wildman–Crippen LogP) is 3.40. The molecule has 166 valence electrons. The lowest BCUT2D eigenvalue weighted by atomic mass is 9.87. The molecule has 31 heavy (non-hydrogen) atoms. The van der Waals surface area contributed by atoms with E-state index in [1.165, 1.54) is 0 Å². The topological polar surface area (TPSA) is 67.9 Å². The molecule has 2 amide bonds. The van der Waals surface area contributed by atoms with Crippen molar-refractivity contribution in [1.29, 1.82) is 0 Å². The average molecular weight is 425 g/mol. The van der Waals surface area contributed by atoms with Crippen LogP contribution in [0.25, 0.3) is 0 Å². The highest BCUT2D eigenvalue weighted by atomic mass is 16.5. The van der Waals surface area contributed by atoms with E-state index in [0.717, 1.165) is 24.0 Å². The molecule has 0 saturated carbocycles. The smallest absolute Gasteiger partial charge is 0.227 e. The van der Waals surface area contributed by atoms with Gasteiger partial charge in [0.25, 0.3) is 0 Å². The minimum atomic E-state index is -0.336. The molecule has 0 aliphatic carbocycles. The maximum atomic E-state index is 13.1. The maximum absolute atomic E-state index is 13.1. The highest BCUT2D eigenvalue weighted by Crippen LogP contribution is 2.39. The van der Waals surface area contributed by atoms with Crippen molar-refractivity contribution in [3.8, 4) is 11.5 Å². The number of likely N-dealkylation sites (tertiary alicyclic amines) is 1. The van der Waals surface area contributed by atoms with Crippen LogP contribution in [0.4, 0.5) is 0 Å². The van der Waals surface area contributed by atoms with Gasteiger partial charge in [0.05, 0.1) is 26.6 Å². The zero-order chi connectivity index (χ0) is 22.2. The monoisotopic (exact) mass is 424 g/mol. The van der Waals surface area contributed by atoms with Gasteiger partial charge in [0, 0.05) is 31.1 Å². The molecule has 2 aromatic rings. The van der Waals surface area contributed by atoms with Crippen LogP contribution in [0.2, 0.25) is 0 Å². The van der Waals surface area contributed by atoms with Gasteiger partial charge in [-0.2, -0.15) is 0 Å². The van der Waals surface area contributed by atoms with E-state index in [2.05, 4.69) is 12.2 Å². The number of rotatable bonds is 9. The minimum Gasteiger partial charge on any atom is -0.497 e. The molecule has 6 heteroatoms. The van der Waals surface area contributed by atoms with Crippen LogP contribution in [-0.2, 0) is 16.0 Å². The molecular formula is C25H32N2O4. The summed E-state index contributed by atoms with van der Waals surface area (Å²) in [4.78, 5) is 27.9. The number of unbranched alkanes of at least 4 members (excludes halogenated alkanes) is 1. The second-order valence-electron chi connectivity index (χ2n) is 7.93. The Labute approximate surface area is 184 Å². The molecule has 1 heterocycles. The van der Waals surface area contributed by atoms with Gasteiger partial charge in [0.2, 0.25) is 11.8 Å². The van der Waals surface area contributed by atoms with E-state index in [1.807, 2.05) is 48.5 Å². The average Bonchev–Trinajstić information content (AvgIpc) is 3.25. The van der Waals surface area contributed by atoms with E-state index in [9.17, 15) is 9.59 Å². The van der Waals surface area contributed by atoms with E-state index in [0.29, 0.717) is 37.6 Å². The summed E-state index contributed by atoms with van der Waals surface area (Å²) in [5.41, 5.74) is 1.87. The third-order valence-corrected chi connectivity index (χ3v) is 5.87. The minimum absolute atomic E-state index is 0.0154. The molecular weight excluding hydrogens is 392 g/mol. The van der Waals surface area contributed by atoms with Crippen LogP contribution in [-0.4, -0.2) is 50.6 Å². The molecule has 0 radical (unpaired) electrons. The van der Waals surface area contributed by atoms with Gasteiger partial charge in [-0.1, -0.05) is 43.7 Å². The number of methoxy groups -OCH3 is 2. The SMILES string of the molecule is CCCCNC(=O)[C@@H]1CN(C(=O)Cc2ccccc2)C[C@@H]1c1cc(OC)ccc1OC.